The Labute approximate surface area is 176 Å². The fourth-order valence-corrected chi connectivity index (χ4v) is 5.17. The molecule has 152 valence electrons. The topological polar surface area (TPSA) is 65.6 Å². The Kier molecular flexibility index (Phi) is 5.42. The van der Waals surface area contributed by atoms with Crippen molar-refractivity contribution in [3.63, 3.8) is 0 Å². The van der Waals surface area contributed by atoms with E-state index in [2.05, 4.69) is 37.7 Å². The number of nitrogens with one attached hydrogen (secondary N) is 3. The Morgan fingerprint density at radius 1 is 0.966 bits per heavy atom. The highest BCUT2D eigenvalue weighted by Gasteiger charge is 2.25. The van der Waals surface area contributed by atoms with E-state index < -0.39 is 0 Å². The van der Waals surface area contributed by atoms with E-state index in [1.165, 1.54) is 51.4 Å². The fraction of sp³-hybridized carbons (Fsp3) is 0.478. The molecule has 0 unspecified atom stereocenters. The molecule has 2 aliphatic carbocycles. The van der Waals surface area contributed by atoms with E-state index >= 15 is 0 Å². The van der Waals surface area contributed by atoms with Crippen molar-refractivity contribution in [2.75, 3.05) is 5.32 Å². The number of anilines is 1. The van der Waals surface area contributed by atoms with E-state index in [9.17, 15) is 0 Å². The largest absolute Gasteiger partial charge is 0.367 e. The maximum atomic E-state index is 6.37. The average Bonchev–Trinajstić information content (AvgIpc) is 3.39. The van der Waals surface area contributed by atoms with Crippen molar-refractivity contribution in [1.82, 2.24) is 20.3 Å². The summed E-state index contributed by atoms with van der Waals surface area (Å²) < 4.78 is 0. The van der Waals surface area contributed by atoms with Crippen LogP contribution in [-0.4, -0.2) is 33.1 Å². The molecule has 6 heteroatoms. The van der Waals surface area contributed by atoms with Crippen LogP contribution >= 0.6 is 11.6 Å². The molecule has 2 fully saturated rings. The van der Waals surface area contributed by atoms with Gasteiger partial charge in [-0.15, -0.1) is 0 Å². The van der Waals surface area contributed by atoms with E-state index in [1.807, 2.05) is 18.3 Å². The number of H-pyrrole nitrogens is 1. The van der Waals surface area contributed by atoms with Gasteiger partial charge < -0.3 is 15.6 Å². The van der Waals surface area contributed by atoms with E-state index in [0.29, 0.717) is 17.2 Å². The number of nitrogens with zero attached hydrogens (tertiary/aromatic N) is 2. The van der Waals surface area contributed by atoms with Crippen LogP contribution in [0.4, 0.5) is 5.82 Å². The predicted octanol–water partition coefficient (Wildman–Crippen LogP) is 5.53. The van der Waals surface area contributed by atoms with Gasteiger partial charge in [-0.1, -0.05) is 24.4 Å². The van der Waals surface area contributed by atoms with E-state index in [4.69, 9.17) is 11.6 Å². The fourth-order valence-electron chi connectivity index (χ4n) is 4.96. The molecule has 2 saturated carbocycles. The molecule has 2 aliphatic rings. The van der Waals surface area contributed by atoms with Crippen LogP contribution in [-0.2, 0) is 0 Å². The third-order valence-electron chi connectivity index (χ3n) is 6.46. The summed E-state index contributed by atoms with van der Waals surface area (Å²) in [5.41, 5.74) is 3.05. The lowest BCUT2D eigenvalue weighted by Crippen LogP contribution is -2.41. The van der Waals surface area contributed by atoms with Crippen LogP contribution in [0.1, 0.15) is 51.4 Å². The monoisotopic (exact) mass is 409 g/mol. The molecule has 0 atom stereocenters. The third kappa shape index (κ3) is 4.26. The molecule has 3 heterocycles. The summed E-state index contributed by atoms with van der Waals surface area (Å²) in [4.78, 5) is 12.2. The summed E-state index contributed by atoms with van der Waals surface area (Å²) in [5, 5.41) is 9.13. The molecular weight excluding hydrogens is 382 g/mol. The standard InChI is InChI=1S/C23H28ClN5/c24-21-12-15(20-14-26-23-19(20)6-3-11-25-23)13-22(29-21)28-18-9-7-17(8-10-18)27-16-4-1-2-5-16/h3,6,11-14,16-18,27H,1-2,4-5,7-10H2,(H,25,26)(H,28,29)/t17-,18-. The summed E-state index contributed by atoms with van der Waals surface area (Å²) in [6.45, 7) is 0. The molecule has 0 aliphatic heterocycles. The highest BCUT2D eigenvalue weighted by atomic mass is 35.5. The van der Waals surface area contributed by atoms with Gasteiger partial charge in [-0.25, -0.2) is 9.97 Å². The number of fused-ring (bicyclic) bond motifs is 1. The number of halogens is 1. The van der Waals surface area contributed by atoms with Crippen molar-refractivity contribution >= 4 is 28.5 Å². The van der Waals surface area contributed by atoms with Crippen LogP contribution in [0.3, 0.4) is 0 Å². The van der Waals surface area contributed by atoms with Gasteiger partial charge in [-0.05, 0) is 68.4 Å². The minimum Gasteiger partial charge on any atom is -0.367 e. The molecule has 3 aromatic rings. The molecule has 0 saturated heterocycles. The maximum Gasteiger partial charge on any atom is 0.137 e. The van der Waals surface area contributed by atoms with Gasteiger partial charge in [0.25, 0.3) is 0 Å². The van der Waals surface area contributed by atoms with Crippen LogP contribution < -0.4 is 10.6 Å². The first-order chi connectivity index (χ1) is 14.2. The minimum absolute atomic E-state index is 0.458. The number of hydrogen-bond acceptors (Lipinski definition) is 4. The summed E-state index contributed by atoms with van der Waals surface area (Å²) >= 11 is 6.37. The summed E-state index contributed by atoms with van der Waals surface area (Å²) in [6.07, 6.45) is 14.1. The van der Waals surface area contributed by atoms with Gasteiger partial charge in [0, 0.05) is 41.5 Å². The first-order valence-electron chi connectivity index (χ1n) is 10.9. The molecule has 0 bridgehead atoms. The van der Waals surface area contributed by atoms with Crippen LogP contribution in [0.15, 0.2) is 36.7 Å². The lowest BCUT2D eigenvalue weighted by Gasteiger charge is -2.32. The van der Waals surface area contributed by atoms with Gasteiger partial charge in [0.2, 0.25) is 0 Å². The van der Waals surface area contributed by atoms with Gasteiger partial charge in [0.15, 0.2) is 0 Å². The van der Waals surface area contributed by atoms with Gasteiger partial charge in [0.05, 0.1) is 0 Å². The molecule has 0 amide bonds. The molecule has 3 aromatic heterocycles. The van der Waals surface area contributed by atoms with Crippen LogP contribution in [0.5, 0.6) is 0 Å². The molecule has 0 radical (unpaired) electrons. The zero-order chi connectivity index (χ0) is 19.6. The molecule has 5 nitrogen and oxygen atoms in total. The van der Waals surface area contributed by atoms with Gasteiger partial charge in [-0.2, -0.15) is 0 Å². The van der Waals surface area contributed by atoms with Crippen LogP contribution in [0.2, 0.25) is 5.15 Å². The second-order valence-electron chi connectivity index (χ2n) is 8.51. The Morgan fingerprint density at radius 2 is 1.72 bits per heavy atom. The molecule has 3 N–H and O–H groups in total. The SMILES string of the molecule is Clc1cc(-c2c[nH]c3ncccc23)cc(N[C@H]2CC[C@H](NC3CCCC3)CC2)n1. The van der Waals surface area contributed by atoms with Crippen molar-refractivity contribution in [2.24, 2.45) is 0 Å². The Bertz CT molecular complexity index is 970. The molecular formula is C23H28ClN5. The van der Waals surface area contributed by atoms with E-state index in [-0.39, 0.29) is 0 Å². The molecule has 29 heavy (non-hydrogen) atoms. The number of pyridine rings is 2. The first-order valence-corrected chi connectivity index (χ1v) is 11.2. The Hall–Kier alpha value is -2.11. The van der Waals surface area contributed by atoms with Crippen LogP contribution in [0.25, 0.3) is 22.2 Å². The first kappa shape index (κ1) is 18.9. The van der Waals surface area contributed by atoms with Gasteiger partial charge in [0.1, 0.15) is 16.6 Å². The zero-order valence-corrected chi connectivity index (χ0v) is 17.4. The number of aromatic nitrogens is 3. The Balaban J connectivity index is 1.26. The minimum atomic E-state index is 0.458. The smallest absolute Gasteiger partial charge is 0.137 e. The van der Waals surface area contributed by atoms with Crippen molar-refractivity contribution in [1.29, 1.82) is 0 Å². The number of hydrogen-bond donors (Lipinski definition) is 3. The molecule has 0 spiro atoms. The van der Waals surface area contributed by atoms with Crippen LogP contribution in [0, 0.1) is 0 Å². The van der Waals surface area contributed by atoms with Crippen molar-refractivity contribution in [2.45, 2.75) is 69.5 Å². The molecule has 5 rings (SSSR count). The van der Waals surface area contributed by atoms with Crippen molar-refractivity contribution in [3.05, 3.63) is 41.8 Å². The zero-order valence-electron chi connectivity index (χ0n) is 16.6. The lowest BCUT2D eigenvalue weighted by molar-refractivity contribution is 0.323. The highest BCUT2D eigenvalue weighted by Crippen LogP contribution is 2.32. The maximum absolute atomic E-state index is 6.37. The van der Waals surface area contributed by atoms with E-state index in [1.54, 1.807) is 6.20 Å². The summed E-state index contributed by atoms with van der Waals surface area (Å²) in [5.74, 6) is 0.859. The second kappa shape index (κ2) is 8.33. The summed E-state index contributed by atoms with van der Waals surface area (Å²) in [7, 11) is 0. The van der Waals surface area contributed by atoms with Crippen molar-refractivity contribution in [3.8, 4) is 11.1 Å². The third-order valence-corrected chi connectivity index (χ3v) is 6.66. The van der Waals surface area contributed by atoms with Crippen molar-refractivity contribution < 1.29 is 0 Å². The summed E-state index contributed by atoms with van der Waals surface area (Å²) in [6, 6.07) is 9.95. The quantitative estimate of drug-likeness (QED) is 0.484. The number of aromatic amines is 1. The lowest BCUT2D eigenvalue weighted by atomic mass is 9.90. The van der Waals surface area contributed by atoms with Gasteiger partial charge >= 0.3 is 0 Å². The molecule has 0 aromatic carbocycles. The second-order valence-corrected chi connectivity index (χ2v) is 8.89. The van der Waals surface area contributed by atoms with Gasteiger partial charge in [-0.3, -0.25) is 0 Å². The Morgan fingerprint density at radius 3 is 2.55 bits per heavy atom. The highest BCUT2D eigenvalue weighted by molar-refractivity contribution is 6.29. The normalized spacial score (nSPS) is 22.9. The van der Waals surface area contributed by atoms with E-state index in [0.717, 1.165) is 34.0 Å². The number of rotatable bonds is 5. The average molecular weight is 410 g/mol. The predicted molar refractivity (Wildman–Crippen MR) is 119 cm³/mol.